The molecule has 0 aliphatic carbocycles. The van der Waals surface area contributed by atoms with Crippen LogP contribution in [0.1, 0.15) is 17.4 Å². The summed E-state index contributed by atoms with van der Waals surface area (Å²) in [7, 11) is 0. The monoisotopic (exact) mass is 370 g/mol. The molecule has 3 aromatic rings. The molecular formula is C19H16F2N4O2. The molecule has 2 aromatic carbocycles. The van der Waals surface area contributed by atoms with Crippen LogP contribution >= 0.6 is 0 Å². The van der Waals surface area contributed by atoms with Crippen LogP contribution in [-0.4, -0.2) is 22.5 Å². The van der Waals surface area contributed by atoms with E-state index in [-0.39, 0.29) is 11.4 Å². The molecule has 6 nitrogen and oxygen atoms in total. The molecule has 1 amide bonds. The molecule has 0 unspecified atom stereocenters. The van der Waals surface area contributed by atoms with Crippen LogP contribution in [0.15, 0.2) is 54.9 Å². The number of aromatic nitrogens is 2. The van der Waals surface area contributed by atoms with Crippen molar-refractivity contribution in [1.82, 2.24) is 9.97 Å². The maximum Gasteiger partial charge on any atom is 0.275 e. The van der Waals surface area contributed by atoms with Crippen LogP contribution in [0.25, 0.3) is 0 Å². The van der Waals surface area contributed by atoms with Crippen LogP contribution in [0, 0.1) is 11.6 Å². The quantitative estimate of drug-likeness (QED) is 0.682. The van der Waals surface area contributed by atoms with Crippen LogP contribution in [0.4, 0.5) is 26.0 Å². The molecule has 1 aromatic heterocycles. The van der Waals surface area contributed by atoms with Gasteiger partial charge >= 0.3 is 0 Å². The Kier molecular flexibility index (Phi) is 5.55. The summed E-state index contributed by atoms with van der Waals surface area (Å²) in [6, 6.07) is 10.2. The minimum atomic E-state index is -0.873. The molecule has 0 saturated heterocycles. The lowest BCUT2D eigenvalue weighted by molar-refractivity contribution is 0.102. The molecule has 0 atom stereocenters. The minimum absolute atomic E-state index is 0.0117. The summed E-state index contributed by atoms with van der Waals surface area (Å²) in [6.07, 6.45) is 2.63. The van der Waals surface area contributed by atoms with Crippen molar-refractivity contribution in [3.8, 4) is 5.75 Å². The highest BCUT2D eigenvalue weighted by atomic mass is 19.1. The molecule has 2 N–H and O–H groups in total. The zero-order chi connectivity index (χ0) is 19.2. The Balaban J connectivity index is 1.71. The highest BCUT2D eigenvalue weighted by molar-refractivity contribution is 6.02. The van der Waals surface area contributed by atoms with Gasteiger partial charge in [0.25, 0.3) is 5.91 Å². The van der Waals surface area contributed by atoms with E-state index in [4.69, 9.17) is 4.74 Å². The first-order valence-electron chi connectivity index (χ1n) is 8.14. The lowest BCUT2D eigenvalue weighted by atomic mass is 10.3. The van der Waals surface area contributed by atoms with Gasteiger partial charge in [-0.25, -0.2) is 18.7 Å². The molecule has 1 heterocycles. The number of rotatable bonds is 6. The standard InChI is InChI=1S/C19H16F2N4O2/c1-2-27-17-6-4-3-5-15(17)24-18-11-22-16(10-23-18)19(26)25-14-8-7-12(20)9-13(14)21/h3-11H,2H2,1H3,(H,23,24)(H,25,26). The van der Waals surface area contributed by atoms with Crippen molar-refractivity contribution in [2.24, 2.45) is 0 Å². The van der Waals surface area contributed by atoms with Crippen LogP contribution in [0.2, 0.25) is 0 Å². The average Bonchev–Trinajstić information content (AvgIpc) is 2.66. The molecule has 8 heteroatoms. The van der Waals surface area contributed by atoms with E-state index in [9.17, 15) is 13.6 Å². The second-order valence-electron chi connectivity index (χ2n) is 5.42. The van der Waals surface area contributed by atoms with Gasteiger partial charge in [0.15, 0.2) is 0 Å². The van der Waals surface area contributed by atoms with Crippen molar-refractivity contribution in [2.45, 2.75) is 6.92 Å². The smallest absolute Gasteiger partial charge is 0.275 e. The van der Waals surface area contributed by atoms with E-state index in [1.165, 1.54) is 12.4 Å². The fourth-order valence-corrected chi connectivity index (χ4v) is 2.28. The summed E-state index contributed by atoms with van der Waals surface area (Å²) in [4.78, 5) is 20.3. The van der Waals surface area contributed by atoms with Gasteiger partial charge in [0.2, 0.25) is 0 Å². The zero-order valence-corrected chi connectivity index (χ0v) is 14.4. The van der Waals surface area contributed by atoms with Gasteiger partial charge in [0, 0.05) is 6.07 Å². The summed E-state index contributed by atoms with van der Waals surface area (Å²) in [6.45, 7) is 2.40. The normalized spacial score (nSPS) is 10.3. The predicted molar refractivity (Wildman–Crippen MR) is 97.2 cm³/mol. The van der Waals surface area contributed by atoms with Gasteiger partial charge in [-0.05, 0) is 31.2 Å². The van der Waals surface area contributed by atoms with Gasteiger partial charge in [-0.2, -0.15) is 0 Å². The third kappa shape index (κ3) is 4.55. The number of carbonyl (C=O) groups is 1. The Hall–Kier alpha value is -3.55. The number of nitrogens with one attached hydrogen (secondary N) is 2. The van der Waals surface area contributed by atoms with Crippen molar-refractivity contribution in [2.75, 3.05) is 17.2 Å². The Labute approximate surface area is 154 Å². The fourth-order valence-electron chi connectivity index (χ4n) is 2.28. The molecule has 0 saturated carbocycles. The molecule has 0 aliphatic rings. The van der Waals surface area contributed by atoms with Crippen molar-refractivity contribution >= 4 is 23.1 Å². The van der Waals surface area contributed by atoms with E-state index >= 15 is 0 Å². The number of hydrogen-bond donors (Lipinski definition) is 2. The van der Waals surface area contributed by atoms with Crippen LogP contribution in [0.5, 0.6) is 5.75 Å². The van der Waals surface area contributed by atoms with E-state index < -0.39 is 17.5 Å². The van der Waals surface area contributed by atoms with E-state index in [2.05, 4.69) is 20.6 Å². The van der Waals surface area contributed by atoms with Gasteiger partial charge in [-0.15, -0.1) is 0 Å². The van der Waals surface area contributed by atoms with Crippen LogP contribution in [-0.2, 0) is 0 Å². The number of benzene rings is 2. The number of anilines is 3. The summed E-state index contributed by atoms with van der Waals surface area (Å²) in [5, 5.41) is 5.38. The topological polar surface area (TPSA) is 76.1 Å². The van der Waals surface area contributed by atoms with E-state index in [1.807, 2.05) is 31.2 Å². The Bertz CT molecular complexity index is 949. The Morgan fingerprint density at radius 3 is 2.59 bits per heavy atom. The minimum Gasteiger partial charge on any atom is -0.492 e. The Morgan fingerprint density at radius 1 is 1.07 bits per heavy atom. The highest BCUT2D eigenvalue weighted by Crippen LogP contribution is 2.26. The number of amides is 1. The van der Waals surface area contributed by atoms with Gasteiger partial charge < -0.3 is 15.4 Å². The molecule has 0 aliphatic heterocycles. The van der Waals surface area contributed by atoms with Gasteiger partial charge in [-0.1, -0.05) is 12.1 Å². The van der Waals surface area contributed by atoms with Crippen molar-refractivity contribution in [3.05, 3.63) is 72.2 Å². The fraction of sp³-hybridized carbons (Fsp3) is 0.105. The lowest BCUT2D eigenvalue weighted by Gasteiger charge is -2.11. The number of hydrogen-bond acceptors (Lipinski definition) is 5. The Morgan fingerprint density at radius 2 is 1.89 bits per heavy atom. The summed E-state index contributed by atoms with van der Waals surface area (Å²) >= 11 is 0. The number of halogens is 2. The molecule has 0 fully saturated rings. The molecular weight excluding hydrogens is 354 g/mol. The second kappa shape index (κ2) is 8.22. The molecule has 3 rings (SSSR count). The summed E-state index contributed by atoms with van der Waals surface area (Å²) < 4.78 is 32.1. The van der Waals surface area contributed by atoms with E-state index in [1.54, 1.807) is 0 Å². The largest absolute Gasteiger partial charge is 0.492 e. The predicted octanol–water partition coefficient (Wildman–Crippen LogP) is 4.15. The van der Waals surface area contributed by atoms with Crippen molar-refractivity contribution in [3.63, 3.8) is 0 Å². The summed E-state index contributed by atoms with van der Waals surface area (Å²) in [5.41, 5.74) is 0.553. The van der Waals surface area contributed by atoms with Crippen LogP contribution in [0.3, 0.4) is 0 Å². The molecule has 27 heavy (non-hydrogen) atoms. The van der Waals surface area contributed by atoms with Gasteiger partial charge in [0.1, 0.15) is 28.9 Å². The second-order valence-corrected chi connectivity index (χ2v) is 5.42. The maximum absolute atomic E-state index is 13.6. The first-order chi connectivity index (χ1) is 13.1. The molecule has 138 valence electrons. The zero-order valence-electron chi connectivity index (χ0n) is 14.4. The third-order valence-electron chi connectivity index (χ3n) is 3.51. The summed E-state index contributed by atoms with van der Waals surface area (Å²) in [5.74, 6) is -1.19. The third-order valence-corrected chi connectivity index (χ3v) is 3.51. The van der Waals surface area contributed by atoms with Gasteiger partial charge in [0.05, 0.1) is 30.4 Å². The SMILES string of the molecule is CCOc1ccccc1Nc1cnc(C(=O)Nc2ccc(F)cc2F)cn1. The first-order valence-corrected chi connectivity index (χ1v) is 8.14. The van der Waals surface area contributed by atoms with E-state index in [0.29, 0.717) is 29.9 Å². The molecule has 0 spiro atoms. The number of ether oxygens (including phenoxy) is 1. The van der Waals surface area contributed by atoms with Crippen molar-refractivity contribution in [1.29, 1.82) is 0 Å². The van der Waals surface area contributed by atoms with E-state index in [0.717, 1.165) is 12.1 Å². The number of nitrogens with zero attached hydrogens (tertiary/aromatic N) is 2. The molecule has 0 radical (unpaired) electrons. The maximum atomic E-state index is 13.6. The number of para-hydroxylation sites is 2. The van der Waals surface area contributed by atoms with Crippen LogP contribution < -0.4 is 15.4 Å². The first kappa shape index (κ1) is 18.2. The average molecular weight is 370 g/mol. The molecule has 0 bridgehead atoms. The lowest BCUT2D eigenvalue weighted by Crippen LogP contribution is -2.15. The van der Waals surface area contributed by atoms with Gasteiger partial charge in [-0.3, -0.25) is 4.79 Å². The highest BCUT2D eigenvalue weighted by Gasteiger charge is 2.12. The number of carbonyl (C=O) groups excluding carboxylic acids is 1. The van der Waals surface area contributed by atoms with Crippen molar-refractivity contribution < 1.29 is 18.3 Å².